The summed E-state index contributed by atoms with van der Waals surface area (Å²) >= 11 is 0. The minimum absolute atomic E-state index is 0.0671. The highest BCUT2D eigenvalue weighted by molar-refractivity contribution is 4.96. The van der Waals surface area contributed by atoms with Gasteiger partial charge in [-0.05, 0) is 27.2 Å². The van der Waals surface area contributed by atoms with Gasteiger partial charge in [-0.15, -0.1) is 0 Å². The van der Waals surface area contributed by atoms with E-state index in [2.05, 4.69) is 0 Å². The predicted molar refractivity (Wildman–Crippen MR) is 47.8 cm³/mol. The van der Waals surface area contributed by atoms with E-state index in [0.717, 1.165) is 6.42 Å². The maximum absolute atomic E-state index is 9.63. The predicted octanol–water partition coefficient (Wildman–Crippen LogP) is 0.510. The van der Waals surface area contributed by atoms with Crippen LogP contribution in [0.3, 0.4) is 0 Å². The first-order chi connectivity index (χ1) is 5.53. The third-order valence-electron chi connectivity index (χ3n) is 3.13. The van der Waals surface area contributed by atoms with Gasteiger partial charge in [0.05, 0.1) is 18.3 Å². The molecule has 0 amide bonds. The van der Waals surface area contributed by atoms with E-state index in [9.17, 15) is 5.11 Å². The van der Waals surface area contributed by atoms with Crippen molar-refractivity contribution in [2.75, 3.05) is 6.54 Å². The van der Waals surface area contributed by atoms with E-state index in [1.807, 2.05) is 13.8 Å². The van der Waals surface area contributed by atoms with Crippen LogP contribution in [-0.2, 0) is 4.74 Å². The van der Waals surface area contributed by atoms with Crippen molar-refractivity contribution in [3.63, 3.8) is 0 Å². The van der Waals surface area contributed by atoms with Gasteiger partial charge in [-0.25, -0.2) is 0 Å². The van der Waals surface area contributed by atoms with Crippen molar-refractivity contribution in [2.24, 2.45) is 11.1 Å². The van der Waals surface area contributed by atoms with Gasteiger partial charge in [0.1, 0.15) is 0 Å². The Bertz CT molecular complexity index is 161. The second kappa shape index (κ2) is 3.32. The number of ether oxygens (including phenoxy) is 1. The number of aliphatic hydroxyl groups excluding tert-OH is 1. The molecule has 0 saturated carbocycles. The fourth-order valence-corrected chi connectivity index (χ4v) is 2.16. The first-order valence-electron chi connectivity index (χ1n) is 4.56. The number of hydrogen-bond acceptors (Lipinski definition) is 3. The van der Waals surface area contributed by atoms with Gasteiger partial charge in [-0.2, -0.15) is 0 Å². The molecule has 0 spiro atoms. The summed E-state index contributed by atoms with van der Waals surface area (Å²) in [6.45, 7) is 6.31. The Hall–Kier alpha value is -0.120. The number of aliphatic hydroxyl groups is 1. The molecule has 72 valence electrons. The Balaban J connectivity index is 2.79. The minimum atomic E-state index is -0.387. The van der Waals surface area contributed by atoms with Crippen LogP contribution in [0.4, 0.5) is 0 Å². The molecule has 3 nitrogen and oxygen atoms in total. The lowest BCUT2D eigenvalue weighted by atomic mass is 9.76. The van der Waals surface area contributed by atoms with Crippen LogP contribution in [0.5, 0.6) is 0 Å². The fraction of sp³-hybridized carbons (Fsp3) is 1.00. The highest BCUT2D eigenvalue weighted by Gasteiger charge is 2.47. The van der Waals surface area contributed by atoms with Crippen molar-refractivity contribution in [1.29, 1.82) is 0 Å². The Kier molecular flexibility index (Phi) is 2.76. The molecule has 1 aliphatic rings. The van der Waals surface area contributed by atoms with Gasteiger partial charge in [0.25, 0.3) is 0 Å². The van der Waals surface area contributed by atoms with Gasteiger partial charge in [0, 0.05) is 12.0 Å². The molecule has 0 aromatic rings. The topological polar surface area (TPSA) is 55.5 Å². The highest BCUT2D eigenvalue weighted by atomic mass is 16.5. The lowest BCUT2D eigenvalue weighted by Gasteiger charge is -2.33. The fourth-order valence-electron chi connectivity index (χ4n) is 2.16. The molecule has 0 bridgehead atoms. The van der Waals surface area contributed by atoms with Gasteiger partial charge >= 0.3 is 0 Å². The van der Waals surface area contributed by atoms with E-state index >= 15 is 0 Å². The van der Waals surface area contributed by atoms with E-state index in [4.69, 9.17) is 10.5 Å². The summed E-state index contributed by atoms with van der Waals surface area (Å²) in [5.74, 6) is 0. The summed E-state index contributed by atoms with van der Waals surface area (Å²) < 4.78 is 5.59. The summed E-state index contributed by atoms with van der Waals surface area (Å²) in [7, 11) is 0. The molecule has 4 unspecified atom stereocenters. The van der Waals surface area contributed by atoms with E-state index < -0.39 is 0 Å². The largest absolute Gasteiger partial charge is 0.393 e. The van der Waals surface area contributed by atoms with Crippen LogP contribution in [0.15, 0.2) is 0 Å². The van der Waals surface area contributed by atoms with Crippen LogP contribution in [-0.4, -0.2) is 30.0 Å². The molecule has 0 aliphatic carbocycles. The number of nitrogens with two attached hydrogens (primary N) is 1. The number of rotatable bonds is 2. The van der Waals surface area contributed by atoms with Crippen molar-refractivity contribution in [3.8, 4) is 0 Å². The normalized spacial score (nSPS) is 44.8. The maximum atomic E-state index is 9.63. The molecule has 3 N–H and O–H groups in total. The van der Waals surface area contributed by atoms with Gasteiger partial charge in [0.2, 0.25) is 0 Å². The highest BCUT2D eigenvalue weighted by Crippen LogP contribution is 2.40. The molecule has 1 saturated heterocycles. The SMILES string of the molecule is CC1CC(CN)(C(C)O)C(C)O1. The van der Waals surface area contributed by atoms with Crippen LogP contribution in [0, 0.1) is 5.41 Å². The third-order valence-corrected chi connectivity index (χ3v) is 3.13. The summed E-state index contributed by atoms with van der Waals surface area (Å²) in [5.41, 5.74) is 5.46. The molecule has 1 rings (SSSR count). The third kappa shape index (κ3) is 1.37. The second-order valence-electron chi connectivity index (χ2n) is 3.91. The average molecular weight is 173 g/mol. The lowest BCUT2D eigenvalue weighted by molar-refractivity contribution is -0.0225. The molecule has 1 aliphatic heterocycles. The molecule has 0 aromatic heterocycles. The van der Waals surface area contributed by atoms with Gasteiger partial charge in [0.15, 0.2) is 0 Å². The Morgan fingerprint density at radius 1 is 1.67 bits per heavy atom. The van der Waals surface area contributed by atoms with Crippen LogP contribution < -0.4 is 5.73 Å². The van der Waals surface area contributed by atoms with E-state index in [1.54, 1.807) is 6.92 Å². The lowest BCUT2D eigenvalue weighted by Crippen LogP contribution is -2.45. The zero-order chi connectivity index (χ0) is 9.35. The summed E-state index contributed by atoms with van der Waals surface area (Å²) in [6, 6.07) is 0. The average Bonchev–Trinajstić information content (AvgIpc) is 2.26. The first kappa shape index (κ1) is 9.96. The summed E-state index contributed by atoms with van der Waals surface area (Å²) in [4.78, 5) is 0. The minimum Gasteiger partial charge on any atom is -0.393 e. The molecule has 4 atom stereocenters. The van der Waals surface area contributed by atoms with E-state index in [1.165, 1.54) is 0 Å². The van der Waals surface area contributed by atoms with Crippen molar-refractivity contribution < 1.29 is 9.84 Å². The molecular formula is C9H19NO2. The molecule has 3 heteroatoms. The Morgan fingerprint density at radius 3 is 2.42 bits per heavy atom. The molecular weight excluding hydrogens is 154 g/mol. The zero-order valence-electron chi connectivity index (χ0n) is 8.08. The first-order valence-corrected chi connectivity index (χ1v) is 4.56. The standard InChI is InChI=1S/C9H19NO2/c1-6-4-9(5-10,7(2)11)8(3)12-6/h6-8,11H,4-5,10H2,1-3H3. The monoisotopic (exact) mass is 173 g/mol. The second-order valence-corrected chi connectivity index (χ2v) is 3.91. The molecule has 1 heterocycles. The molecule has 12 heavy (non-hydrogen) atoms. The smallest absolute Gasteiger partial charge is 0.0644 e. The van der Waals surface area contributed by atoms with Gasteiger partial charge in [-0.3, -0.25) is 0 Å². The van der Waals surface area contributed by atoms with Crippen molar-refractivity contribution in [2.45, 2.75) is 45.5 Å². The van der Waals surface area contributed by atoms with Crippen molar-refractivity contribution >= 4 is 0 Å². The van der Waals surface area contributed by atoms with Crippen LogP contribution in [0.2, 0.25) is 0 Å². The number of hydrogen-bond donors (Lipinski definition) is 2. The molecule has 0 radical (unpaired) electrons. The summed E-state index contributed by atoms with van der Waals surface area (Å²) in [5, 5.41) is 9.63. The zero-order valence-corrected chi connectivity index (χ0v) is 8.08. The quantitative estimate of drug-likeness (QED) is 0.639. The Labute approximate surface area is 73.9 Å². The van der Waals surface area contributed by atoms with Crippen molar-refractivity contribution in [1.82, 2.24) is 0 Å². The summed E-state index contributed by atoms with van der Waals surface area (Å²) in [6.07, 6.45) is 0.764. The van der Waals surface area contributed by atoms with Gasteiger partial charge in [-0.1, -0.05) is 0 Å². The van der Waals surface area contributed by atoms with Gasteiger partial charge < -0.3 is 15.6 Å². The van der Waals surface area contributed by atoms with Crippen LogP contribution in [0.1, 0.15) is 27.2 Å². The Morgan fingerprint density at radius 2 is 2.25 bits per heavy atom. The van der Waals surface area contributed by atoms with E-state index in [-0.39, 0.29) is 23.7 Å². The van der Waals surface area contributed by atoms with Crippen LogP contribution >= 0.6 is 0 Å². The van der Waals surface area contributed by atoms with Crippen molar-refractivity contribution in [3.05, 3.63) is 0 Å². The van der Waals surface area contributed by atoms with E-state index in [0.29, 0.717) is 6.54 Å². The maximum Gasteiger partial charge on any atom is 0.0644 e. The van der Waals surface area contributed by atoms with Crippen LogP contribution in [0.25, 0.3) is 0 Å². The molecule has 0 aromatic carbocycles. The molecule has 1 fully saturated rings.